The molecule has 0 aliphatic carbocycles. The first-order valence-corrected chi connectivity index (χ1v) is 10.9. The van der Waals surface area contributed by atoms with Gasteiger partial charge < -0.3 is 9.84 Å². The Bertz CT molecular complexity index is 1500. The standard InChI is InChI=1S/C24H19N5O3S/c1-14-19-21-18(13-25-23(19)29(28-14)16-6-4-3-5-7-16)20(30)22(33-21)24(31)27-26-12-15-8-10-17(32-2)11-9-15/h3-13,30H,1-2H3,(H,27,31)/b26-12+. The van der Waals surface area contributed by atoms with Gasteiger partial charge in [-0.15, -0.1) is 11.3 Å². The zero-order valence-electron chi connectivity index (χ0n) is 17.8. The van der Waals surface area contributed by atoms with Crippen molar-refractivity contribution in [3.8, 4) is 17.2 Å². The van der Waals surface area contributed by atoms with Gasteiger partial charge in [-0.3, -0.25) is 4.79 Å². The molecule has 0 saturated carbocycles. The third kappa shape index (κ3) is 3.68. The summed E-state index contributed by atoms with van der Waals surface area (Å²) in [5, 5.41) is 20.7. The number of para-hydroxylation sites is 1. The first-order valence-electron chi connectivity index (χ1n) is 10.1. The predicted molar refractivity (Wildman–Crippen MR) is 129 cm³/mol. The third-order valence-corrected chi connectivity index (χ3v) is 6.41. The van der Waals surface area contributed by atoms with Crippen molar-refractivity contribution in [1.82, 2.24) is 20.2 Å². The molecule has 0 unspecified atom stereocenters. The van der Waals surface area contributed by atoms with Gasteiger partial charge in [0.1, 0.15) is 16.4 Å². The summed E-state index contributed by atoms with van der Waals surface area (Å²) < 4.78 is 7.64. The van der Waals surface area contributed by atoms with E-state index in [0.717, 1.165) is 32.8 Å². The maximum absolute atomic E-state index is 12.7. The van der Waals surface area contributed by atoms with Crippen LogP contribution in [0.4, 0.5) is 0 Å². The van der Waals surface area contributed by atoms with E-state index in [1.807, 2.05) is 49.4 Å². The fraction of sp³-hybridized carbons (Fsp3) is 0.0833. The molecule has 5 rings (SSSR count). The van der Waals surface area contributed by atoms with Crippen LogP contribution in [-0.2, 0) is 0 Å². The van der Waals surface area contributed by atoms with E-state index in [4.69, 9.17) is 4.74 Å². The molecule has 3 aromatic heterocycles. The fourth-order valence-corrected chi connectivity index (χ4v) is 4.73. The largest absolute Gasteiger partial charge is 0.506 e. The molecule has 1 amide bonds. The second-order valence-electron chi connectivity index (χ2n) is 7.28. The molecule has 0 fully saturated rings. The molecule has 0 radical (unpaired) electrons. The molecule has 8 nitrogen and oxygen atoms in total. The highest BCUT2D eigenvalue weighted by Crippen LogP contribution is 2.41. The van der Waals surface area contributed by atoms with Gasteiger partial charge >= 0.3 is 0 Å². The maximum atomic E-state index is 12.7. The van der Waals surface area contributed by atoms with Crippen LogP contribution in [0.25, 0.3) is 26.8 Å². The minimum absolute atomic E-state index is 0.117. The number of aryl methyl sites for hydroxylation is 1. The molecular formula is C24H19N5O3S. The van der Waals surface area contributed by atoms with Gasteiger partial charge in [-0.25, -0.2) is 15.1 Å². The fourth-order valence-electron chi connectivity index (χ4n) is 3.58. The molecule has 0 aliphatic heterocycles. The van der Waals surface area contributed by atoms with Gasteiger partial charge in [0.25, 0.3) is 5.91 Å². The number of fused-ring (bicyclic) bond motifs is 3. The van der Waals surface area contributed by atoms with Crippen molar-refractivity contribution in [1.29, 1.82) is 0 Å². The Balaban J connectivity index is 1.48. The topological polar surface area (TPSA) is 102 Å². The van der Waals surface area contributed by atoms with Crippen molar-refractivity contribution in [2.75, 3.05) is 7.11 Å². The molecule has 0 spiro atoms. The van der Waals surface area contributed by atoms with Crippen LogP contribution in [0.3, 0.4) is 0 Å². The molecule has 33 heavy (non-hydrogen) atoms. The van der Waals surface area contributed by atoms with E-state index in [-0.39, 0.29) is 10.6 Å². The summed E-state index contributed by atoms with van der Waals surface area (Å²) >= 11 is 1.19. The van der Waals surface area contributed by atoms with E-state index in [1.54, 1.807) is 30.1 Å². The summed E-state index contributed by atoms with van der Waals surface area (Å²) in [6, 6.07) is 16.9. The molecular weight excluding hydrogens is 438 g/mol. The van der Waals surface area contributed by atoms with Crippen molar-refractivity contribution in [3.05, 3.63) is 76.9 Å². The van der Waals surface area contributed by atoms with Crippen LogP contribution in [0.15, 0.2) is 65.9 Å². The number of hydrogen-bond donors (Lipinski definition) is 2. The Kier molecular flexibility index (Phi) is 5.23. The SMILES string of the molecule is COc1ccc(/C=N/NC(=O)c2sc3c(cnc4c3c(C)nn4-c3ccccc3)c2O)cc1. The Morgan fingerprint density at radius 1 is 1.18 bits per heavy atom. The van der Waals surface area contributed by atoms with E-state index in [2.05, 4.69) is 20.6 Å². The number of benzene rings is 2. The molecule has 0 aliphatic rings. The van der Waals surface area contributed by atoms with Crippen LogP contribution in [0.5, 0.6) is 11.5 Å². The lowest BCUT2D eigenvalue weighted by Gasteiger charge is -2.01. The summed E-state index contributed by atoms with van der Waals surface area (Å²) in [6.07, 6.45) is 3.09. The van der Waals surface area contributed by atoms with Gasteiger partial charge in [0, 0.05) is 6.20 Å². The maximum Gasteiger partial charge on any atom is 0.285 e. The predicted octanol–water partition coefficient (Wildman–Crippen LogP) is 4.42. The monoisotopic (exact) mass is 457 g/mol. The van der Waals surface area contributed by atoms with Gasteiger partial charge in [-0.2, -0.15) is 10.2 Å². The van der Waals surface area contributed by atoms with Crippen LogP contribution in [0.2, 0.25) is 0 Å². The zero-order valence-corrected chi connectivity index (χ0v) is 18.6. The van der Waals surface area contributed by atoms with Crippen molar-refractivity contribution >= 4 is 44.6 Å². The molecule has 0 bridgehead atoms. The number of thiophene rings is 1. The number of methoxy groups -OCH3 is 1. The van der Waals surface area contributed by atoms with Crippen molar-refractivity contribution in [2.45, 2.75) is 6.92 Å². The Morgan fingerprint density at radius 2 is 1.94 bits per heavy atom. The molecule has 5 aromatic rings. The number of carbonyl (C=O) groups excluding carboxylic acids is 1. The number of aromatic hydroxyl groups is 1. The van der Waals surface area contributed by atoms with Gasteiger partial charge in [0.2, 0.25) is 0 Å². The smallest absolute Gasteiger partial charge is 0.285 e. The summed E-state index contributed by atoms with van der Waals surface area (Å²) in [6.45, 7) is 1.89. The van der Waals surface area contributed by atoms with Crippen LogP contribution in [0.1, 0.15) is 20.9 Å². The Morgan fingerprint density at radius 3 is 2.67 bits per heavy atom. The van der Waals surface area contributed by atoms with Crippen LogP contribution < -0.4 is 10.2 Å². The number of hydrogen-bond acceptors (Lipinski definition) is 7. The van der Waals surface area contributed by atoms with Gasteiger partial charge in [-0.1, -0.05) is 18.2 Å². The number of nitrogens with zero attached hydrogens (tertiary/aromatic N) is 4. The number of carbonyl (C=O) groups is 1. The molecule has 0 atom stereocenters. The quantitative estimate of drug-likeness (QED) is 0.300. The van der Waals surface area contributed by atoms with E-state index < -0.39 is 5.91 Å². The van der Waals surface area contributed by atoms with E-state index in [9.17, 15) is 9.90 Å². The lowest BCUT2D eigenvalue weighted by molar-refractivity contribution is 0.0957. The molecule has 9 heteroatoms. The average Bonchev–Trinajstić information content (AvgIpc) is 3.37. The molecule has 164 valence electrons. The summed E-state index contributed by atoms with van der Waals surface area (Å²) in [4.78, 5) is 17.4. The van der Waals surface area contributed by atoms with Crippen LogP contribution >= 0.6 is 11.3 Å². The zero-order chi connectivity index (χ0) is 22.9. The van der Waals surface area contributed by atoms with Gasteiger partial charge in [0.05, 0.1) is 40.2 Å². The van der Waals surface area contributed by atoms with E-state index in [1.165, 1.54) is 17.6 Å². The van der Waals surface area contributed by atoms with E-state index in [0.29, 0.717) is 11.0 Å². The highest BCUT2D eigenvalue weighted by molar-refractivity contribution is 7.22. The molecule has 2 aromatic carbocycles. The van der Waals surface area contributed by atoms with Gasteiger partial charge in [-0.05, 0) is 48.9 Å². The second-order valence-corrected chi connectivity index (χ2v) is 8.31. The van der Waals surface area contributed by atoms with Crippen molar-refractivity contribution < 1.29 is 14.6 Å². The van der Waals surface area contributed by atoms with E-state index >= 15 is 0 Å². The first-order chi connectivity index (χ1) is 16.1. The number of hydrazone groups is 1. The number of nitrogens with one attached hydrogen (secondary N) is 1. The van der Waals surface area contributed by atoms with Crippen molar-refractivity contribution in [3.63, 3.8) is 0 Å². The number of aromatic nitrogens is 3. The normalized spacial score (nSPS) is 11.5. The second kappa shape index (κ2) is 8.36. The van der Waals surface area contributed by atoms with Crippen LogP contribution in [-0.4, -0.2) is 39.1 Å². The van der Waals surface area contributed by atoms with Gasteiger partial charge in [0.15, 0.2) is 5.65 Å². The minimum atomic E-state index is -0.500. The lowest BCUT2D eigenvalue weighted by Crippen LogP contribution is -2.16. The average molecular weight is 458 g/mol. The number of rotatable bonds is 5. The highest BCUT2D eigenvalue weighted by Gasteiger charge is 2.22. The number of pyridine rings is 1. The van der Waals surface area contributed by atoms with Crippen LogP contribution in [0, 0.1) is 6.92 Å². The Labute approximate surface area is 192 Å². The van der Waals surface area contributed by atoms with Crippen molar-refractivity contribution in [2.24, 2.45) is 5.10 Å². The Hall–Kier alpha value is -4.24. The molecule has 3 heterocycles. The first kappa shape index (κ1) is 20.7. The lowest BCUT2D eigenvalue weighted by atomic mass is 10.2. The summed E-state index contributed by atoms with van der Waals surface area (Å²) in [5.74, 6) is 0.116. The minimum Gasteiger partial charge on any atom is -0.506 e. The molecule has 2 N–H and O–H groups in total. The number of amides is 1. The molecule has 0 saturated heterocycles. The highest BCUT2D eigenvalue weighted by atomic mass is 32.1. The summed E-state index contributed by atoms with van der Waals surface area (Å²) in [5.41, 5.74) is 5.59. The summed E-state index contributed by atoms with van der Waals surface area (Å²) in [7, 11) is 1.60. The number of ether oxygens (including phenoxy) is 1. The third-order valence-electron chi connectivity index (χ3n) is 5.20.